The van der Waals surface area contributed by atoms with Gasteiger partial charge in [-0.2, -0.15) is 0 Å². The van der Waals surface area contributed by atoms with Crippen LogP contribution in [0.3, 0.4) is 0 Å². The highest BCUT2D eigenvalue weighted by Gasteiger charge is 2.10. The molecule has 18 heavy (non-hydrogen) atoms. The Hall–Kier alpha value is -0.770. The van der Waals surface area contributed by atoms with Crippen LogP contribution in [0.1, 0.15) is 17.2 Å². The molecule has 0 aliphatic heterocycles. The summed E-state index contributed by atoms with van der Waals surface area (Å²) in [5.41, 5.74) is 2.09. The van der Waals surface area contributed by atoms with Gasteiger partial charge in [-0.05, 0) is 35.6 Å². The van der Waals surface area contributed by atoms with Gasteiger partial charge in [-0.1, -0.05) is 46.3 Å². The Labute approximate surface area is 120 Å². The van der Waals surface area contributed by atoms with E-state index in [0.717, 1.165) is 15.6 Å². The van der Waals surface area contributed by atoms with E-state index in [9.17, 15) is 5.11 Å². The molecule has 0 aliphatic rings. The largest absolute Gasteiger partial charge is 0.388 e. The molecule has 1 nitrogen and oxygen atoms in total. The molecule has 0 amide bonds. The molecular weight excluding hydrogens is 308 g/mol. The van der Waals surface area contributed by atoms with Crippen molar-refractivity contribution in [2.24, 2.45) is 0 Å². The van der Waals surface area contributed by atoms with Crippen molar-refractivity contribution in [1.29, 1.82) is 0 Å². The molecule has 0 heterocycles. The van der Waals surface area contributed by atoms with Crippen molar-refractivity contribution < 1.29 is 5.11 Å². The first-order valence-electron chi connectivity index (χ1n) is 5.76. The standard InChI is InChI=1S/C15H15BrOS/c1-18-13-8-6-11(7-9-13)15(17)10-12-4-2-3-5-14(12)16/h2-9,15,17H,10H2,1H3. The zero-order valence-electron chi connectivity index (χ0n) is 10.1. The highest BCUT2D eigenvalue weighted by atomic mass is 79.9. The summed E-state index contributed by atoms with van der Waals surface area (Å²) >= 11 is 5.21. The number of aliphatic hydroxyl groups is 1. The Balaban J connectivity index is 2.11. The summed E-state index contributed by atoms with van der Waals surface area (Å²) in [6.07, 6.45) is 2.21. The van der Waals surface area contributed by atoms with Gasteiger partial charge in [-0.15, -0.1) is 11.8 Å². The Morgan fingerprint density at radius 3 is 2.39 bits per heavy atom. The van der Waals surface area contributed by atoms with Crippen molar-refractivity contribution in [3.8, 4) is 0 Å². The summed E-state index contributed by atoms with van der Waals surface area (Å²) in [6, 6.07) is 16.1. The number of benzene rings is 2. The van der Waals surface area contributed by atoms with Crippen molar-refractivity contribution >= 4 is 27.7 Å². The molecule has 0 spiro atoms. The van der Waals surface area contributed by atoms with Crippen molar-refractivity contribution in [1.82, 2.24) is 0 Å². The summed E-state index contributed by atoms with van der Waals surface area (Å²) < 4.78 is 1.05. The number of halogens is 1. The Kier molecular flexibility index (Phi) is 4.87. The van der Waals surface area contributed by atoms with Crippen molar-refractivity contribution in [2.45, 2.75) is 17.4 Å². The second kappa shape index (κ2) is 6.41. The maximum Gasteiger partial charge on any atom is 0.0830 e. The Morgan fingerprint density at radius 2 is 1.78 bits per heavy atom. The minimum absolute atomic E-state index is 0.459. The van der Waals surface area contributed by atoms with Crippen molar-refractivity contribution in [3.63, 3.8) is 0 Å². The van der Waals surface area contributed by atoms with E-state index in [2.05, 4.69) is 15.9 Å². The van der Waals surface area contributed by atoms with Gasteiger partial charge in [0.1, 0.15) is 0 Å². The van der Waals surface area contributed by atoms with E-state index < -0.39 is 6.10 Å². The van der Waals surface area contributed by atoms with Crippen LogP contribution in [0, 0.1) is 0 Å². The molecule has 0 saturated heterocycles. The van der Waals surface area contributed by atoms with Crippen LogP contribution < -0.4 is 0 Å². The second-order valence-electron chi connectivity index (χ2n) is 4.08. The summed E-state index contributed by atoms with van der Waals surface area (Å²) in [5, 5.41) is 10.2. The van der Waals surface area contributed by atoms with Crippen LogP contribution >= 0.6 is 27.7 Å². The lowest BCUT2D eigenvalue weighted by molar-refractivity contribution is 0.178. The summed E-state index contributed by atoms with van der Waals surface area (Å²) in [7, 11) is 0. The topological polar surface area (TPSA) is 20.2 Å². The maximum absolute atomic E-state index is 10.2. The fraction of sp³-hybridized carbons (Fsp3) is 0.200. The van der Waals surface area contributed by atoms with Crippen LogP contribution in [0.5, 0.6) is 0 Å². The summed E-state index contributed by atoms with van der Waals surface area (Å²) in [6.45, 7) is 0. The molecule has 0 aromatic heterocycles. The van der Waals surface area contributed by atoms with Gasteiger partial charge in [-0.3, -0.25) is 0 Å². The van der Waals surface area contributed by atoms with E-state index in [-0.39, 0.29) is 0 Å². The fourth-order valence-corrected chi connectivity index (χ4v) is 2.67. The Morgan fingerprint density at radius 1 is 1.11 bits per heavy atom. The number of hydrogen-bond acceptors (Lipinski definition) is 2. The van der Waals surface area contributed by atoms with E-state index >= 15 is 0 Å². The third kappa shape index (κ3) is 3.37. The molecule has 94 valence electrons. The zero-order valence-corrected chi connectivity index (χ0v) is 12.5. The maximum atomic E-state index is 10.2. The first-order valence-corrected chi connectivity index (χ1v) is 7.78. The molecule has 3 heteroatoms. The first kappa shape index (κ1) is 13.7. The molecule has 0 radical (unpaired) electrons. The SMILES string of the molecule is CSc1ccc(C(O)Cc2ccccc2Br)cc1. The average molecular weight is 323 g/mol. The van der Waals surface area contributed by atoms with Crippen LogP contribution in [0.2, 0.25) is 0 Å². The lowest BCUT2D eigenvalue weighted by Crippen LogP contribution is -2.02. The fourth-order valence-electron chi connectivity index (χ4n) is 1.82. The number of hydrogen-bond donors (Lipinski definition) is 1. The quantitative estimate of drug-likeness (QED) is 0.839. The molecule has 2 aromatic carbocycles. The van der Waals surface area contributed by atoms with Gasteiger partial charge in [0.05, 0.1) is 6.10 Å². The molecule has 0 saturated carbocycles. The number of rotatable bonds is 4. The highest BCUT2D eigenvalue weighted by Crippen LogP contribution is 2.25. The molecular formula is C15H15BrOS. The van der Waals surface area contributed by atoms with E-state index in [1.807, 2.05) is 54.8 Å². The van der Waals surface area contributed by atoms with Crippen LogP contribution in [0.25, 0.3) is 0 Å². The van der Waals surface area contributed by atoms with Crippen LogP contribution in [0.4, 0.5) is 0 Å². The van der Waals surface area contributed by atoms with Gasteiger partial charge in [0.2, 0.25) is 0 Å². The first-order chi connectivity index (χ1) is 8.70. The predicted molar refractivity (Wildman–Crippen MR) is 81.0 cm³/mol. The molecule has 2 rings (SSSR count). The van der Waals surface area contributed by atoms with E-state index in [4.69, 9.17) is 0 Å². The summed E-state index contributed by atoms with van der Waals surface area (Å²) in [5.74, 6) is 0. The van der Waals surface area contributed by atoms with Crippen molar-refractivity contribution in [2.75, 3.05) is 6.26 Å². The van der Waals surface area contributed by atoms with Crippen LogP contribution in [-0.2, 0) is 6.42 Å². The normalized spacial score (nSPS) is 12.4. The van der Waals surface area contributed by atoms with E-state index in [1.54, 1.807) is 11.8 Å². The third-order valence-electron chi connectivity index (χ3n) is 2.87. The lowest BCUT2D eigenvalue weighted by atomic mass is 10.0. The van der Waals surface area contributed by atoms with Gasteiger partial charge in [0.25, 0.3) is 0 Å². The van der Waals surface area contributed by atoms with E-state index in [0.29, 0.717) is 6.42 Å². The Bertz CT molecular complexity index is 510. The van der Waals surface area contributed by atoms with Crippen LogP contribution in [0.15, 0.2) is 57.9 Å². The predicted octanol–water partition coefficient (Wildman–Crippen LogP) is 4.45. The zero-order chi connectivity index (χ0) is 13.0. The molecule has 0 aliphatic carbocycles. The van der Waals surface area contributed by atoms with Crippen LogP contribution in [-0.4, -0.2) is 11.4 Å². The van der Waals surface area contributed by atoms with Gasteiger partial charge in [0.15, 0.2) is 0 Å². The smallest absolute Gasteiger partial charge is 0.0830 e. The lowest BCUT2D eigenvalue weighted by Gasteiger charge is -2.12. The average Bonchev–Trinajstić information content (AvgIpc) is 2.41. The monoisotopic (exact) mass is 322 g/mol. The molecule has 2 aromatic rings. The molecule has 1 atom stereocenters. The number of thioether (sulfide) groups is 1. The third-order valence-corrected chi connectivity index (χ3v) is 4.39. The van der Waals surface area contributed by atoms with Gasteiger partial charge >= 0.3 is 0 Å². The summed E-state index contributed by atoms with van der Waals surface area (Å²) in [4.78, 5) is 1.21. The molecule has 1 N–H and O–H groups in total. The molecule has 0 fully saturated rings. The molecule has 1 unspecified atom stereocenters. The number of aliphatic hydroxyl groups excluding tert-OH is 1. The second-order valence-corrected chi connectivity index (χ2v) is 5.82. The molecule has 0 bridgehead atoms. The van der Waals surface area contributed by atoms with Gasteiger partial charge in [-0.25, -0.2) is 0 Å². The van der Waals surface area contributed by atoms with Gasteiger partial charge in [0, 0.05) is 15.8 Å². The van der Waals surface area contributed by atoms with Gasteiger partial charge < -0.3 is 5.11 Å². The minimum atomic E-state index is -0.459. The van der Waals surface area contributed by atoms with E-state index in [1.165, 1.54) is 4.90 Å². The minimum Gasteiger partial charge on any atom is -0.388 e. The van der Waals surface area contributed by atoms with Crippen molar-refractivity contribution in [3.05, 3.63) is 64.1 Å². The highest BCUT2D eigenvalue weighted by molar-refractivity contribution is 9.10.